The molecule has 1 N–H and O–H groups in total. The van der Waals surface area contributed by atoms with Crippen LogP contribution in [0.25, 0.3) is 0 Å². The maximum atomic E-state index is 5.64. The molecule has 0 aliphatic carbocycles. The fourth-order valence-electron chi connectivity index (χ4n) is 2.63. The molecule has 0 saturated carbocycles. The second-order valence-corrected chi connectivity index (χ2v) is 6.40. The summed E-state index contributed by atoms with van der Waals surface area (Å²) in [5.41, 5.74) is 4.64. The Kier molecular flexibility index (Phi) is 4.90. The second kappa shape index (κ2) is 7.09. The average molecular weight is 342 g/mol. The molecule has 0 amide bonds. The van der Waals surface area contributed by atoms with Gasteiger partial charge in [-0.05, 0) is 61.0 Å². The molecule has 0 atom stereocenters. The number of nitrogens with zero attached hydrogens (tertiary/aromatic N) is 1. The Bertz CT molecular complexity index is 761. The Hall–Kier alpha value is -2.27. The van der Waals surface area contributed by atoms with Gasteiger partial charge < -0.3 is 19.7 Å². The van der Waals surface area contributed by atoms with E-state index in [-0.39, 0.29) is 0 Å². The lowest BCUT2D eigenvalue weighted by Gasteiger charge is -2.24. The standard InChI is InChI=1S/C19H22N2O2S/c1-13-5-4-6-16(14(13)2)20-19(24)21(3)12-15-7-8-17-18(11-15)23-10-9-22-17/h4-8,11H,9-10,12H2,1-3H3,(H,20,24). The van der Waals surface area contributed by atoms with Gasteiger partial charge >= 0.3 is 0 Å². The fourth-order valence-corrected chi connectivity index (χ4v) is 2.80. The average Bonchev–Trinajstić information content (AvgIpc) is 2.58. The van der Waals surface area contributed by atoms with E-state index in [4.69, 9.17) is 21.7 Å². The van der Waals surface area contributed by atoms with Crippen LogP contribution in [0.15, 0.2) is 36.4 Å². The molecular weight excluding hydrogens is 320 g/mol. The number of ether oxygens (including phenoxy) is 2. The first-order valence-corrected chi connectivity index (χ1v) is 8.42. The molecule has 3 rings (SSSR count). The first-order chi connectivity index (χ1) is 11.5. The Labute approximate surface area is 148 Å². The second-order valence-electron chi connectivity index (χ2n) is 6.01. The van der Waals surface area contributed by atoms with Crippen LogP contribution >= 0.6 is 12.2 Å². The SMILES string of the molecule is Cc1cccc(NC(=S)N(C)Cc2ccc3c(c2)OCCO3)c1C. The minimum absolute atomic E-state index is 0.596. The molecule has 24 heavy (non-hydrogen) atoms. The van der Waals surface area contributed by atoms with E-state index >= 15 is 0 Å². The van der Waals surface area contributed by atoms with E-state index in [0.717, 1.165) is 22.7 Å². The van der Waals surface area contributed by atoms with Gasteiger partial charge in [0.25, 0.3) is 0 Å². The third-order valence-corrected chi connectivity index (χ3v) is 4.63. The topological polar surface area (TPSA) is 33.7 Å². The summed E-state index contributed by atoms with van der Waals surface area (Å²) in [6.07, 6.45) is 0. The summed E-state index contributed by atoms with van der Waals surface area (Å²) in [4.78, 5) is 2.02. The monoisotopic (exact) mass is 342 g/mol. The lowest BCUT2D eigenvalue weighted by molar-refractivity contribution is 0.171. The number of aryl methyl sites for hydroxylation is 1. The van der Waals surface area contributed by atoms with E-state index in [1.165, 1.54) is 11.1 Å². The van der Waals surface area contributed by atoms with Crippen LogP contribution in [-0.4, -0.2) is 30.3 Å². The molecule has 2 aromatic rings. The molecule has 0 aromatic heterocycles. The van der Waals surface area contributed by atoms with Gasteiger partial charge in [-0.3, -0.25) is 0 Å². The minimum atomic E-state index is 0.596. The largest absolute Gasteiger partial charge is 0.486 e. The fraction of sp³-hybridized carbons (Fsp3) is 0.316. The first-order valence-electron chi connectivity index (χ1n) is 8.01. The predicted octanol–water partition coefficient (Wildman–Crippen LogP) is 3.90. The van der Waals surface area contributed by atoms with E-state index in [9.17, 15) is 0 Å². The molecule has 4 nitrogen and oxygen atoms in total. The number of rotatable bonds is 3. The lowest BCUT2D eigenvalue weighted by Crippen LogP contribution is -2.31. The highest BCUT2D eigenvalue weighted by Gasteiger charge is 2.13. The van der Waals surface area contributed by atoms with Crippen LogP contribution in [0.1, 0.15) is 16.7 Å². The number of hydrogen-bond donors (Lipinski definition) is 1. The van der Waals surface area contributed by atoms with Gasteiger partial charge in [0.05, 0.1) is 0 Å². The molecule has 5 heteroatoms. The molecule has 0 spiro atoms. The molecule has 126 valence electrons. The van der Waals surface area contributed by atoms with E-state index in [1.54, 1.807) is 0 Å². The molecule has 1 aliphatic rings. The summed E-state index contributed by atoms with van der Waals surface area (Å²) in [5.74, 6) is 1.62. The highest BCUT2D eigenvalue weighted by Crippen LogP contribution is 2.31. The van der Waals surface area contributed by atoms with E-state index in [0.29, 0.717) is 24.9 Å². The zero-order chi connectivity index (χ0) is 17.1. The van der Waals surface area contributed by atoms with Crippen molar-refractivity contribution in [1.29, 1.82) is 0 Å². The molecule has 1 aliphatic heterocycles. The smallest absolute Gasteiger partial charge is 0.173 e. The predicted molar refractivity (Wildman–Crippen MR) is 101 cm³/mol. The van der Waals surface area contributed by atoms with Crippen molar-refractivity contribution in [3.05, 3.63) is 53.1 Å². The Morgan fingerprint density at radius 2 is 1.88 bits per heavy atom. The first kappa shape index (κ1) is 16.6. The van der Waals surface area contributed by atoms with E-state index < -0.39 is 0 Å². The summed E-state index contributed by atoms with van der Waals surface area (Å²) in [6, 6.07) is 12.2. The number of thiocarbonyl (C=S) groups is 1. The normalized spacial score (nSPS) is 12.6. The molecule has 0 bridgehead atoms. The summed E-state index contributed by atoms with van der Waals surface area (Å²) in [6.45, 7) is 6.10. The van der Waals surface area contributed by atoms with Crippen LogP contribution in [-0.2, 0) is 6.54 Å². The van der Waals surface area contributed by atoms with Crippen LogP contribution in [0.4, 0.5) is 5.69 Å². The third kappa shape index (κ3) is 3.62. The Balaban J connectivity index is 1.67. The molecule has 1 heterocycles. The number of anilines is 1. The van der Waals surface area contributed by atoms with Gasteiger partial charge in [0, 0.05) is 19.3 Å². The lowest BCUT2D eigenvalue weighted by atomic mass is 10.1. The third-order valence-electron chi connectivity index (χ3n) is 4.22. The van der Waals surface area contributed by atoms with Gasteiger partial charge in [-0.25, -0.2) is 0 Å². The number of benzene rings is 2. The number of hydrogen-bond acceptors (Lipinski definition) is 3. The molecule has 0 radical (unpaired) electrons. The van der Waals surface area contributed by atoms with Gasteiger partial charge in [-0.2, -0.15) is 0 Å². The van der Waals surface area contributed by atoms with Crippen molar-refractivity contribution in [2.45, 2.75) is 20.4 Å². The zero-order valence-corrected chi connectivity index (χ0v) is 15.1. The molecule has 2 aromatic carbocycles. The van der Waals surface area contributed by atoms with Crippen molar-refractivity contribution in [2.24, 2.45) is 0 Å². The number of nitrogens with one attached hydrogen (secondary N) is 1. The highest BCUT2D eigenvalue weighted by molar-refractivity contribution is 7.80. The van der Waals surface area contributed by atoms with Gasteiger partial charge in [0.2, 0.25) is 0 Å². The van der Waals surface area contributed by atoms with Gasteiger partial charge in [0.15, 0.2) is 16.6 Å². The van der Waals surface area contributed by atoms with Gasteiger partial charge in [0.1, 0.15) is 13.2 Å². The summed E-state index contributed by atoms with van der Waals surface area (Å²) in [7, 11) is 1.98. The maximum absolute atomic E-state index is 5.64. The van der Waals surface area contributed by atoms with Gasteiger partial charge in [-0.1, -0.05) is 18.2 Å². The quantitative estimate of drug-likeness (QED) is 0.856. The van der Waals surface area contributed by atoms with Crippen LogP contribution in [0.5, 0.6) is 11.5 Å². The van der Waals surface area contributed by atoms with Crippen LogP contribution in [0.3, 0.4) is 0 Å². The van der Waals surface area contributed by atoms with Crippen LogP contribution in [0.2, 0.25) is 0 Å². The summed E-state index contributed by atoms with van der Waals surface area (Å²) in [5, 5.41) is 4.03. The zero-order valence-electron chi connectivity index (χ0n) is 14.3. The molecular formula is C19H22N2O2S. The van der Waals surface area contributed by atoms with E-state index in [2.05, 4.69) is 25.2 Å². The van der Waals surface area contributed by atoms with Crippen molar-refractivity contribution >= 4 is 23.0 Å². The van der Waals surface area contributed by atoms with Crippen molar-refractivity contribution in [3.8, 4) is 11.5 Å². The van der Waals surface area contributed by atoms with Crippen molar-refractivity contribution in [2.75, 3.05) is 25.6 Å². The summed E-state index contributed by atoms with van der Waals surface area (Å²) >= 11 is 5.54. The highest BCUT2D eigenvalue weighted by atomic mass is 32.1. The molecule has 0 fully saturated rings. The van der Waals surface area contributed by atoms with E-state index in [1.807, 2.05) is 42.3 Å². The van der Waals surface area contributed by atoms with Crippen LogP contribution < -0.4 is 14.8 Å². The summed E-state index contributed by atoms with van der Waals surface area (Å²) < 4.78 is 11.2. The van der Waals surface area contributed by atoms with Crippen LogP contribution in [0, 0.1) is 13.8 Å². The molecule has 0 saturated heterocycles. The molecule has 0 unspecified atom stereocenters. The minimum Gasteiger partial charge on any atom is -0.486 e. The Morgan fingerprint density at radius 3 is 2.67 bits per heavy atom. The van der Waals surface area contributed by atoms with Crippen molar-refractivity contribution < 1.29 is 9.47 Å². The Morgan fingerprint density at radius 1 is 1.12 bits per heavy atom. The maximum Gasteiger partial charge on any atom is 0.173 e. The van der Waals surface area contributed by atoms with Gasteiger partial charge in [-0.15, -0.1) is 0 Å². The number of fused-ring (bicyclic) bond motifs is 1. The van der Waals surface area contributed by atoms with Crippen molar-refractivity contribution in [1.82, 2.24) is 4.90 Å². The van der Waals surface area contributed by atoms with Crippen molar-refractivity contribution in [3.63, 3.8) is 0 Å².